The molecule has 0 atom stereocenters. The first-order chi connectivity index (χ1) is 8.19. The molecule has 0 unspecified atom stereocenters. The fraction of sp³-hybridized carbons (Fsp3) is 0.182. The third-order valence-corrected chi connectivity index (χ3v) is 2.33. The smallest absolute Gasteiger partial charge is 0.243 e. The van der Waals surface area contributed by atoms with Gasteiger partial charge in [-0.2, -0.15) is 26.3 Å². The highest BCUT2D eigenvalue weighted by atomic mass is 19.4. The lowest BCUT2D eigenvalue weighted by molar-refractivity contribution is -0.140. The number of halogens is 6. The summed E-state index contributed by atoms with van der Waals surface area (Å²) in [5.74, 6) is 0. The summed E-state index contributed by atoms with van der Waals surface area (Å²) < 4.78 is 74.9. The van der Waals surface area contributed by atoms with Gasteiger partial charge in [-0.3, -0.25) is 0 Å². The summed E-state index contributed by atoms with van der Waals surface area (Å²) in [6, 6.07) is 4.26. The number of fused-ring (bicyclic) bond motifs is 1. The third kappa shape index (κ3) is 2.25. The molecule has 1 aromatic heterocycles. The van der Waals surface area contributed by atoms with Crippen molar-refractivity contribution in [2.45, 2.75) is 12.4 Å². The van der Waals surface area contributed by atoms with Crippen molar-refractivity contribution < 1.29 is 26.3 Å². The van der Waals surface area contributed by atoms with Crippen LogP contribution < -0.4 is 0 Å². The molecule has 0 aliphatic rings. The molecule has 2 aromatic rings. The van der Waals surface area contributed by atoms with Crippen LogP contribution in [-0.2, 0) is 12.4 Å². The van der Waals surface area contributed by atoms with Crippen LogP contribution >= 0.6 is 0 Å². The maximum atomic E-state index is 12.6. The largest absolute Gasteiger partial charge is 0.433 e. The molecule has 0 aliphatic heterocycles. The van der Waals surface area contributed by atoms with E-state index in [1.807, 2.05) is 0 Å². The Bertz CT molecular complexity index is 584. The van der Waals surface area contributed by atoms with Crippen molar-refractivity contribution in [1.29, 1.82) is 0 Å². The molecular formula is C11H5F6N. The van der Waals surface area contributed by atoms with Crippen molar-refractivity contribution in [2.24, 2.45) is 0 Å². The Labute approximate surface area is 97.1 Å². The molecule has 1 heterocycles. The molecule has 18 heavy (non-hydrogen) atoms. The van der Waals surface area contributed by atoms with E-state index >= 15 is 0 Å². The quantitative estimate of drug-likeness (QED) is 0.648. The second kappa shape index (κ2) is 3.86. The van der Waals surface area contributed by atoms with Crippen molar-refractivity contribution in [3.63, 3.8) is 0 Å². The predicted octanol–water partition coefficient (Wildman–Crippen LogP) is 4.27. The number of rotatable bonds is 0. The summed E-state index contributed by atoms with van der Waals surface area (Å²) in [6.45, 7) is 0. The molecule has 0 aliphatic carbocycles. The Morgan fingerprint density at radius 1 is 0.778 bits per heavy atom. The number of nitrogens with zero attached hydrogens (tertiary/aromatic N) is 1. The van der Waals surface area contributed by atoms with Crippen molar-refractivity contribution >= 4 is 10.9 Å². The minimum absolute atomic E-state index is 0.334. The Hall–Kier alpha value is -1.79. The van der Waals surface area contributed by atoms with Gasteiger partial charge in [-0.15, -0.1) is 0 Å². The first-order valence-electron chi connectivity index (χ1n) is 4.74. The van der Waals surface area contributed by atoms with Crippen LogP contribution in [0.5, 0.6) is 0 Å². The van der Waals surface area contributed by atoms with Crippen LogP contribution in [0.1, 0.15) is 11.3 Å². The minimum atomic E-state index is -4.68. The lowest BCUT2D eigenvalue weighted by atomic mass is 10.1. The van der Waals surface area contributed by atoms with E-state index in [4.69, 9.17) is 0 Å². The number of pyridine rings is 1. The Morgan fingerprint density at radius 2 is 1.44 bits per heavy atom. The summed E-state index contributed by atoms with van der Waals surface area (Å²) in [6.07, 6.45) is -9.30. The van der Waals surface area contributed by atoms with Crippen molar-refractivity contribution in [1.82, 2.24) is 4.98 Å². The Balaban J connectivity index is 2.68. The molecule has 0 bridgehead atoms. The first kappa shape index (κ1) is 12.7. The van der Waals surface area contributed by atoms with Crippen LogP contribution in [-0.4, -0.2) is 4.98 Å². The zero-order valence-corrected chi connectivity index (χ0v) is 8.60. The summed E-state index contributed by atoms with van der Waals surface area (Å²) >= 11 is 0. The fourth-order valence-corrected chi connectivity index (χ4v) is 1.56. The lowest BCUT2D eigenvalue weighted by Gasteiger charge is -2.11. The number of hydrogen-bond donors (Lipinski definition) is 0. The van der Waals surface area contributed by atoms with Crippen LogP contribution in [0.25, 0.3) is 10.9 Å². The topological polar surface area (TPSA) is 12.9 Å². The van der Waals surface area contributed by atoms with E-state index < -0.39 is 23.6 Å². The van der Waals surface area contributed by atoms with E-state index in [0.717, 1.165) is 24.3 Å². The summed E-state index contributed by atoms with van der Waals surface area (Å²) in [5, 5.41) is -0.349. The number of benzene rings is 1. The van der Waals surface area contributed by atoms with E-state index in [2.05, 4.69) is 4.98 Å². The summed E-state index contributed by atoms with van der Waals surface area (Å²) in [7, 11) is 0. The van der Waals surface area contributed by atoms with Crippen LogP contribution in [0.2, 0.25) is 0 Å². The van der Waals surface area contributed by atoms with Gasteiger partial charge in [0.05, 0.1) is 11.1 Å². The fourth-order valence-electron chi connectivity index (χ4n) is 1.56. The molecule has 0 fully saturated rings. The van der Waals surface area contributed by atoms with Gasteiger partial charge in [0, 0.05) is 5.39 Å². The van der Waals surface area contributed by atoms with Crippen LogP contribution in [0.4, 0.5) is 26.3 Å². The number of alkyl halides is 6. The Morgan fingerprint density at radius 3 is 2.00 bits per heavy atom. The second-order valence-corrected chi connectivity index (χ2v) is 3.56. The molecule has 0 saturated heterocycles. The Kier molecular flexibility index (Phi) is 2.71. The SMILES string of the molecule is FC(F)(F)c1ccc2c(C(F)(F)F)cccc2n1. The molecule has 7 heteroatoms. The zero-order valence-electron chi connectivity index (χ0n) is 8.60. The monoisotopic (exact) mass is 265 g/mol. The lowest BCUT2D eigenvalue weighted by Crippen LogP contribution is -2.09. The molecule has 0 N–H and O–H groups in total. The third-order valence-electron chi connectivity index (χ3n) is 2.33. The average molecular weight is 265 g/mol. The normalized spacial score (nSPS) is 13.0. The van der Waals surface area contributed by atoms with Gasteiger partial charge in [-0.1, -0.05) is 12.1 Å². The van der Waals surface area contributed by atoms with Gasteiger partial charge in [-0.25, -0.2) is 4.98 Å². The van der Waals surface area contributed by atoms with Crippen molar-refractivity contribution in [2.75, 3.05) is 0 Å². The number of hydrogen-bond acceptors (Lipinski definition) is 1. The summed E-state index contributed by atoms with van der Waals surface area (Å²) in [5.41, 5.74) is -2.55. The van der Waals surface area contributed by atoms with Crippen LogP contribution in [0.3, 0.4) is 0 Å². The van der Waals surface area contributed by atoms with E-state index in [9.17, 15) is 26.3 Å². The van der Waals surface area contributed by atoms with E-state index in [-0.39, 0.29) is 10.9 Å². The van der Waals surface area contributed by atoms with Gasteiger partial charge in [0.25, 0.3) is 0 Å². The minimum Gasteiger partial charge on any atom is -0.243 e. The first-order valence-corrected chi connectivity index (χ1v) is 4.74. The highest BCUT2D eigenvalue weighted by molar-refractivity contribution is 5.82. The maximum absolute atomic E-state index is 12.6. The van der Waals surface area contributed by atoms with Gasteiger partial charge in [-0.05, 0) is 18.2 Å². The van der Waals surface area contributed by atoms with Crippen molar-refractivity contribution in [3.8, 4) is 0 Å². The van der Waals surface area contributed by atoms with Gasteiger partial charge < -0.3 is 0 Å². The molecule has 1 nitrogen and oxygen atoms in total. The molecule has 2 rings (SSSR count). The average Bonchev–Trinajstić information content (AvgIpc) is 2.25. The highest BCUT2D eigenvalue weighted by Gasteiger charge is 2.35. The maximum Gasteiger partial charge on any atom is 0.433 e. The van der Waals surface area contributed by atoms with Crippen molar-refractivity contribution in [3.05, 3.63) is 41.6 Å². The number of aromatic nitrogens is 1. The predicted molar refractivity (Wildman–Crippen MR) is 51.7 cm³/mol. The van der Waals surface area contributed by atoms with Crippen LogP contribution in [0, 0.1) is 0 Å². The van der Waals surface area contributed by atoms with E-state index in [0.29, 0.717) is 6.07 Å². The molecular weight excluding hydrogens is 260 g/mol. The van der Waals surface area contributed by atoms with E-state index in [1.54, 1.807) is 0 Å². The van der Waals surface area contributed by atoms with Crippen LogP contribution in [0.15, 0.2) is 30.3 Å². The van der Waals surface area contributed by atoms with Gasteiger partial charge >= 0.3 is 12.4 Å². The molecule has 0 radical (unpaired) electrons. The molecule has 0 saturated carbocycles. The molecule has 96 valence electrons. The van der Waals surface area contributed by atoms with E-state index in [1.165, 1.54) is 0 Å². The summed E-state index contributed by atoms with van der Waals surface area (Å²) in [4.78, 5) is 3.20. The van der Waals surface area contributed by atoms with Gasteiger partial charge in [0.15, 0.2) is 0 Å². The molecule has 1 aromatic carbocycles. The highest BCUT2D eigenvalue weighted by Crippen LogP contribution is 2.35. The molecule has 0 spiro atoms. The second-order valence-electron chi connectivity index (χ2n) is 3.56. The molecule has 0 amide bonds. The standard InChI is InChI=1S/C11H5F6N/c12-10(13,14)7-2-1-3-8-6(7)4-5-9(18-8)11(15,16)17/h1-5H. The van der Waals surface area contributed by atoms with Gasteiger partial charge in [0.1, 0.15) is 5.69 Å². The zero-order chi connectivity index (χ0) is 13.6. The van der Waals surface area contributed by atoms with Gasteiger partial charge in [0.2, 0.25) is 0 Å².